The number of carbonyl (C=O) groups is 1. The Kier molecular flexibility index (Phi) is 7.92. The first-order valence-corrected chi connectivity index (χ1v) is 10.1. The number of aliphatic carboxylic acids is 1. The van der Waals surface area contributed by atoms with Gasteiger partial charge in [0.15, 0.2) is 0 Å². The van der Waals surface area contributed by atoms with Crippen molar-refractivity contribution in [3.05, 3.63) is 51.9 Å². The van der Waals surface area contributed by atoms with E-state index in [-0.39, 0.29) is 51.6 Å². The molecule has 2 heterocycles. The van der Waals surface area contributed by atoms with Gasteiger partial charge in [-0.25, -0.2) is 4.68 Å². The standard InChI is InChI=1S/C21H24F3N3O6/c1-31-16-4-2-14(3-5-16)11-27-20(30)19(21(22,23)24)17(10-25-27)26-7-9-33-13-15(26)12-32-8-6-18(28)29/h2-5,10,15H,6-9,11-13H2,1H3,(H,28,29)/t15-/m1/s1. The zero-order valence-corrected chi connectivity index (χ0v) is 17.9. The summed E-state index contributed by atoms with van der Waals surface area (Å²) in [6.45, 7) is 0.0425. The van der Waals surface area contributed by atoms with E-state index in [9.17, 15) is 22.8 Å². The number of hydrogen-bond donors (Lipinski definition) is 1. The molecule has 1 N–H and O–H groups in total. The third-order valence-corrected chi connectivity index (χ3v) is 5.11. The third kappa shape index (κ3) is 6.23. The minimum Gasteiger partial charge on any atom is -0.497 e. The van der Waals surface area contributed by atoms with Crippen molar-refractivity contribution in [1.29, 1.82) is 0 Å². The van der Waals surface area contributed by atoms with Gasteiger partial charge in [0.05, 0.1) is 64.4 Å². The Bertz CT molecular complexity index is 1010. The Labute approximate surface area is 187 Å². The number of morpholine rings is 1. The number of nitrogens with zero attached hydrogens (tertiary/aromatic N) is 3. The van der Waals surface area contributed by atoms with E-state index < -0.39 is 29.3 Å². The molecule has 1 aromatic carbocycles. The van der Waals surface area contributed by atoms with Gasteiger partial charge < -0.3 is 24.2 Å². The smallest absolute Gasteiger partial charge is 0.423 e. The van der Waals surface area contributed by atoms with E-state index >= 15 is 0 Å². The number of methoxy groups -OCH3 is 1. The van der Waals surface area contributed by atoms with Crippen LogP contribution in [-0.4, -0.2) is 67.0 Å². The lowest BCUT2D eigenvalue weighted by atomic mass is 10.1. The van der Waals surface area contributed by atoms with Gasteiger partial charge >= 0.3 is 12.1 Å². The van der Waals surface area contributed by atoms with E-state index in [0.717, 1.165) is 10.9 Å². The Hall–Kier alpha value is -3.12. The minimum atomic E-state index is -4.91. The first-order valence-electron chi connectivity index (χ1n) is 10.1. The summed E-state index contributed by atoms with van der Waals surface area (Å²) in [5.41, 5.74) is -2.34. The predicted octanol–water partition coefficient (Wildman–Crippen LogP) is 2.02. The van der Waals surface area contributed by atoms with Gasteiger partial charge in [0.25, 0.3) is 5.56 Å². The number of anilines is 1. The molecular formula is C21H24F3N3O6. The largest absolute Gasteiger partial charge is 0.497 e. The normalized spacial score (nSPS) is 16.6. The average Bonchev–Trinajstić information content (AvgIpc) is 2.78. The van der Waals surface area contributed by atoms with Crippen molar-refractivity contribution < 1.29 is 37.3 Å². The van der Waals surface area contributed by atoms with Crippen molar-refractivity contribution in [2.45, 2.75) is 25.2 Å². The molecule has 0 saturated carbocycles. The molecule has 0 unspecified atom stereocenters. The van der Waals surface area contributed by atoms with E-state index in [1.165, 1.54) is 12.0 Å². The lowest BCUT2D eigenvalue weighted by Crippen LogP contribution is -2.50. The second-order valence-corrected chi connectivity index (χ2v) is 7.35. The van der Waals surface area contributed by atoms with Crippen LogP contribution in [0.25, 0.3) is 0 Å². The number of hydrogen-bond acceptors (Lipinski definition) is 7. The van der Waals surface area contributed by atoms with Gasteiger partial charge in [0.2, 0.25) is 0 Å². The fourth-order valence-corrected chi connectivity index (χ4v) is 3.47. The summed E-state index contributed by atoms with van der Waals surface area (Å²) in [6, 6.07) is 5.93. The molecule has 1 aromatic heterocycles. The molecular weight excluding hydrogens is 447 g/mol. The lowest BCUT2D eigenvalue weighted by Gasteiger charge is -2.38. The van der Waals surface area contributed by atoms with E-state index in [1.807, 2.05) is 0 Å². The first kappa shape index (κ1) is 24.5. The fourth-order valence-electron chi connectivity index (χ4n) is 3.47. The molecule has 2 aromatic rings. The van der Waals surface area contributed by atoms with Gasteiger partial charge in [-0.2, -0.15) is 18.3 Å². The zero-order chi connectivity index (χ0) is 24.0. The lowest BCUT2D eigenvalue weighted by molar-refractivity contribution is -0.139. The first-order chi connectivity index (χ1) is 15.7. The minimum absolute atomic E-state index is 0.0560. The molecule has 0 amide bonds. The molecule has 0 aliphatic carbocycles. The molecule has 12 heteroatoms. The van der Waals surface area contributed by atoms with Crippen LogP contribution in [0.15, 0.2) is 35.3 Å². The summed E-state index contributed by atoms with van der Waals surface area (Å²) in [4.78, 5) is 24.9. The second kappa shape index (κ2) is 10.7. The van der Waals surface area contributed by atoms with Crippen molar-refractivity contribution in [1.82, 2.24) is 9.78 Å². The molecule has 0 spiro atoms. The number of halogens is 3. The van der Waals surface area contributed by atoms with Crippen LogP contribution in [0.2, 0.25) is 0 Å². The molecule has 33 heavy (non-hydrogen) atoms. The average molecular weight is 471 g/mol. The van der Waals surface area contributed by atoms with Gasteiger partial charge in [-0.1, -0.05) is 12.1 Å². The molecule has 1 fully saturated rings. The molecule has 1 atom stereocenters. The van der Waals surface area contributed by atoms with Crippen LogP contribution in [0.4, 0.5) is 18.9 Å². The van der Waals surface area contributed by atoms with Crippen molar-refractivity contribution in [2.75, 3.05) is 45.0 Å². The van der Waals surface area contributed by atoms with Crippen LogP contribution < -0.4 is 15.2 Å². The maximum atomic E-state index is 14.0. The van der Waals surface area contributed by atoms with Gasteiger partial charge in [-0.3, -0.25) is 9.59 Å². The Morgan fingerprint density at radius 3 is 2.67 bits per heavy atom. The van der Waals surface area contributed by atoms with Crippen molar-refractivity contribution in [2.24, 2.45) is 0 Å². The molecule has 0 bridgehead atoms. The highest BCUT2D eigenvalue weighted by Crippen LogP contribution is 2.35. The topological polar surface area (TPSA) is 103 Å². The van der Waals surface area contributed by atoms with E-state index in [0.29, 0.717) is 11.3 Å². The Morgan fingerprint density at radius 1 is 1.30 bits per heavy atom. The summed E-state index contributed by atoms with van der Waals surface area (Å²) in [5, 5.41) is 12.7. The van der Waals surface area contributed by atoms with E-state index in [4.69, 9.17) is 19.3 Å². The fraction of sp³-hybridized carbons (Fsp3) is 0.476. The maximum Gasteiger partial charge on any atom is 0.423 e. The van der Waals surface area contributed by atoms with Crippen LogP contribution in [0.1, 0.15) is 17.5 Å². The monoisotopic (exact) mass is 471 g/mol. The summed E-state index contributed by atoms with van der Waals surface area (Å²) in [6.07, 6.45) is -4.11. The molecule has 1 aliphatic heterocycles. The summed E-state index contributed by atoms with van der Waals surface area (Å²) in [5.74, 6) is -0.468. The van der Waals surface area contributed by atoms with Crippen LogP contribution in [0.3, 0.4) is 0 Å². The van der Waals surface area contributed by atoms with Crippen molar-refractivity contribution in [3.8, 4) is 5.75 Å². The van der Waals surface area contributed by atoms with Crippen LogP contribution in [0, 0.1) is 0 Å². The molecule has 0 radical (unpaired) electrons. The van der Waals surface area contributed by atoms with Crippen LogP contribution >= 0.6 is 0 Å². The number of carboxylic acid groups (broad SMARTS) is 1. The molecule has 1 saturated heterocycles. The van der Waals surface area contributed by atoms with Crippen molar-refractivity contribution in [3.63, 3.8) is 0 Å². The SMILES string of the molecule is COc1ccc(Cn2ncc(N3CCOC[C@H]3COCCC(=O)O)c(C(F)(F)F)c2=O)cc1. The van der Waals surface area contributed by atoms with Crippen molar-refractivity contribution >= 4 is 11.7 Å². The highest BCUT2D eigenvalue weighted by Gasteiger charge is 2.41. The highest BCUT2D eigenvalue weighted by atomic mass is 19.4. The van der Waals surface area contributed by atoms with Crippen LogP contribution in [-0.2, 0) is 27.0 Å². The number of alkyl halides is 3. The Balaban J connectivity index is 1.89. The number of ether oxygens (including phenoxy) is 3. The number of carboxylic acids is 1. The van der Waals surface area contributed by atoms with Gasteiger partial charge in [-0.05, 0) is 17.7 Å². The number of aromatic nitrogens is 2. The van der Waals surface area contributed by atoms with Gasteiger partial charge in [0, 0.05) is 6.54 Å². The van der Waals surface area contributed by atoms with Gasteiger partial charge in [-0.15, -0.1) is 0 Å². The predicted molar refractivity (Wildman–Crippen MR) is 111 cm³/mol. The molecule has 180 valence electrons. The second-order valence-electron chi connectivity index (χ2n) is 7.35. The molecule has 9 nitrogen and oxygen atoms in total. The van der Waals surface area contributed by atoms with E-state index in [2.05, 4.69) is 5.10 Å². The summed E-state index contributed by atoms with van der Waals surface area (Å²) in [7, 11) is 1.49. The highest BCUT2D eigenvalue weighted by molar-refractivity contribution is 5.66. The van der Waals surface area contributed by atoms with Crippen LogP contribution in [0.5, 0.6) is 5.75 Å². The third-order valence-electron chi connectivity index (χ3n) is 5.11. The number of benzene rings is 1. The molecule has 1 aliphatic rings. The Morgan fingerprint density at radius 2 is 2.03 bits per heavy atom. The summed E-state index contributed by atoms with van der Waals surface area (Å²) < 4.78 is 58.5. The summed E-state index contributed by atoms with van der Waals surface area (Å²) >= 11 is 0. The maximum absolute atomic E-state index is 14.0. The molecule has 3 rings (SSSR count). The number of rotatable bonds is 9. The van der Waals surface area contributed by atoms with E-state index in [1.54, 1.807) is 24.3 Å². The quantitative estimate of drug-likeness (QED) is 0.554. The van der Waals surface area contributed by atoms with Gasteiger partial charge in [0.1, 0.15) is 11.3 Å². The zero-order valence-electron chi connectivity index (χ0n) is 17.9.